The summed E-state index contributed by atoms with van der Waals surface area (Å²) in [4.78, 5) is 23.9. The van der Waals surface area contributed by atoms with Crippen LogP contribution in [0.4, 0.5) is 0 Å². The Labute approximate surface area is 65.4 Å². The molecule has 3 heteroatoms. The number of rotatable bonds is 0. The van der Waals surface area contributed by atoms with Gasteiger partial charge in [-0.25, -0.2) is 0 Å². The molecule has 2 aliphatic rings. The summed E-state index contributed by atoms with van der Waals surface area (Å²) in [6, 6.07) is 0. The van der Waals surface area contributed by atoms with Crippen LogP contribution in [0.1, 0.15) is 20.3 Å². The lowest BCUT2D eigenvalue weighted by atomic mass is 9.79. The highest BCUT2D eigenvalue weighted by Gasteiger charge is 2.58. The zero-order valence-corrected chi connectivity index (χ0v) is 6.76. The molecule has 2 saturated heterocycles. The van der Waals surface area contributed by atoms with E-state index in [9.17, 15) is 9.59 Å². The monoisotopic (exact) mass is 153 g/mol. The molecule has 0 aromatic carbocycles. The Balaban J connectivity index is 2.32. The lowest BCUT2D eigenvalue weighted by molar-refractivity contribution is -0.152. The fraction of sp³-hybridized carbons (Fsp3) is 0.750. The van der Waals surface area contributed by atoms with Gasteiger partial charge in [-0.15, -0.1) is 0 Å². The highest BCUT2D eigenvalue weighted by Crippen LogP contribution is 2.43. The maximum absolute atomic E-state index is 11.2. The van der Waals surface area contributed by atoms with Crippen molar-refractivity contribution in [2.24, 2.45) is 5.92 Å². The van der Waals surface area contributed by atoms with Gasteiger partial charge >= 0.3 is 0 Å². The summed E-state index contributed by atoms with van der Waals surface area (Å²) < 4.78 is 0. The molecular weight excluding hydrogens is 142 g/mol. The van der Waals surface area contributed by atoms with Crippen molar-refractivity contribution in [2.75, 3.05) is 6.54 Å². The van der Waals surface area contributed by atoms with Gasteiger partial charge in [0, 0.05) is 5.92 Å². The molecular formula is C8H11NO2. The third-order valence-electron chi connectivity index (χ3n) is 3.16. The summed E-state index contributed by atoms with van der Waals surface area (Å²) in [5.41, 5.74) is -0.131. The van der Waals surface area contributed by atoms with Gasteiger partial charge < -0.3 is 4.90 Å². The number of hydrogen-bond acceptors (Lipinski definition) is 2. The molecule has 2 heterocycles. The predicted octanol–water partition coefficient (Wildman–Crippen LogP) is 0.196. The van der Waals surface area contributed by atoms with Crippen LogP contribution in [0.5, 0.6) is 0 Å². The van der Waals surface area contributed by atoms with Crippen molar-refractivity contribution in [1.82, 2.24) is 4.90 Å². The van der Waals surface area contributed by atoms with E-state index in [0.717, 1.165) is 0 Å². The van der Waals surface area contributed by atoms with Crippen molar-refractivity contribution in [2.45, 2.75) is 25.8 Å². The average molecular weight is 153 g/mol. The maximum atomic E-state index is 11.2. The van der Waals surface area contributed by atoms with Crippen LogP contribution >= 0.6 is 0 Å². The first kappa shape index (κ1) is 6.83. The first-order valence-electron chi connectivity index (χ1n) is 3.89. The van der Waals surface area contributed by atoms with E-state index < -0.39 is 0 Å². The Kier molecular flexibility index (Phi) is 1.03. The van der Waals surface area contributed by atoms with Crippen LogP contribution in [0.2, 0.25) is 0 Å². The highest BCUT2D eigenvalue weighted by molar-refractivity contribution is 5.98. The molecule has 0 aromatic heterocycles. The number of amides is 1. The summed E-state index contributed by atoms with van der Waals surface area (Å²) in [6.07, 6.45) is 0.555. The molecule has 2 fully saturated rings. The van der Waals surface area contributed by atoms with Crippen LogP contribution in [-0.2, 0) is 9.59 Å². The summed E-state index contributed by atoms with van der Waals surface area (Å²) in [6.45, 7) is 4.25. The molecule has 3 nitrogen and oxygen atoms in total. The van der Waals surface area contributed by atoms with Crippen LogP contribution < -0.4 is 0 Å². The largest absolute Gasteiger partial charge is 0.329 e. The number of hydrogen-bond donors (Lipinski definition) is 0. The third kappa shape index (κ3) is 0.588. The summed E-state index contributed by atoms with van der Waals surface area (Å²) in [7, 11) is 0. The van der Waals surface area contributed by atoms with Crippen molar-refractivity contribution in [3.05, 3.63) is 0 Å². The smallest absolute Gasteiger partial charge is 0.225 e. The molecule has 60 valence electrons. The van der Waals surface area contributed by atoms with E-state index in [1.54, 1.807) is 4.90 Å². The molecule has 0 aliphatic carbocycles. The number of nitrogens with zero attached hydrogens (tertiary/aromatic N) is 1. The van der Waals surface area contributed by atoms with Crippen LogP contribution in [0.25, 0.3) is 0 Å². The van der Waals surface area contributed by atoms with E-state index in [1.807, 2.05) is 13.8 Å². The Morgan fingerprint density at radius 1 is 1.55 bits per heavy atom. The lowest BCUT2D eigenvalue weighted by Gasteiger charge is -2.46. The van der Waals surface area contributed by atoms with Gasteiger partial charge in [-0.05, 0) is 6.92 Å². The van der Waals surface area contributed by atoms with E-state index >= 15 is 0 Å². The minimum Gasteiger partial charge on any atom is -0.329 e. The van der Waals surface area contributed by atoms with Gasteiger partial charge in [0.15, 0.2) is 5.78 Å². The molecule has 2 rings (SSSR count). The number of β-lactam (4-membered cyclic amide) rings is 1. The summed E-state index contributed by atoms with van der Waals surface area (Å²) in [5, 5.41) is 0. The Hall–Kier alpha value is -0.860. The highest BCUT2D eigenvalue weighted by atomic mass is 16.2. The van der Waals surface area contributed by atoms with Crippen molar-refractivity contribution in [3.63, 3.8) is 0 Å². The Bertz CT molecular complexity index is 248. The van der Waals surface area contributed by atoms with Gasteiger partial charge in [0.1, 0.15) is 0 Å². The number of ketones is 1. The molecule has 0 aromatic rings. The van der Waals surface area contributed by atoms with Gasteiger partial charge in [-0.2, -0.15) is 0 Å². The predicted molar refractivity (Wildman–Crippen MR) is 38.9 cm³/mol. The molecule has 0 radical (unpaired) electrons. The first-order chi connectivity index (χ1) is 5.05. The minimum absolute atomic E-state index is 0.0419. The fourth-order valence-corrected chi connectivity index (χ4v) is 1.99. The number of Topliss-reactive ketones (excluding diaryl/α,β-unsaturated/α-hetero) is 1. The topological polar surface area (TPSA) is 37.4 Å². The Morgan fingerprint density at radius 3 is 2.55 bits per heavy atom. The molecule has 0 spiro atoms. The van der Waals surface area contributed by atoms with E-state index in [1.165, 1.54) is 0 Å². The second kappa shape index (κ2) is 1.65. The quantitative estimate of drug-likeness (QED) is 0.466. The van der Waals surface area contributed by atoms with E-state index in [4.69, 9.17) is 0 Å². The first-order valence-corrected chi connectivity index (χ1v) is 3.89. The zero-order chi connectivity index (χ0) is 8.22. The second-order valence-electron chi connectivity index (χ2n) is 3.70. The van der Waals surface area contributed by atoms with Crippen molar-refractivity contribution >= 4 is 11.7 Å². The number of carbonyl (C=O) groups is 2. The molecule has 2 atom stereocenters. The SMILES string of the molecule is C[C@@H]1C(=O)CN2C(=O)C[C@]12C. The van der Waals surface area contributed by atoms with Gasteiger partial charge in [0.05, 0.1) is 18.5 Å². The number of fused-ring (bicyclic) bond motifs is 1. The molecule has 11 heavy (non-hydrogen) atoms. The standard InChI is InChI=1S/C8H11NO2/c1-5-6(10)4-9-7(11)3-8(5,9)2/h5H,3-4H2,1-2H3/t5-,8-/m1/s1. The fourth-order valence-electron chi connectivity index (χ4n) is 1.99. The average Bonchev–Trinajstić information content (AvgIpc) is 2.12. The van der Waals surface area contributed by atoms with Gasteiger partial charge in [-0.3, -0.25) is 9.59 Å². The normalized spacial score (nSPS) is 42.4. The molecule has 0 saturated carbocycles. The van der Waals surface area contributed by atoms with Gasteiger partial charge in [0.2, 0.25) is 5.91 Å². The minimum atomic E-state index is -0.131. The van der Waals surface area contributed by atoms with Crippen LogP contribution in [0, 0.1) is 5.92 Å². The van der Waals surface area contributed by atoms with Crippen LogP contribution in [0.3, 0.4) is 0 Å². The van der Waals surface area contributed by atoms with Gasteiger partial charge in [-0.1, -0.05) is 6.92 Å². The molecule has 1 amide bonds. The maximum Gasteiger partial charge on any atom is 0.225 e. The Morgan fingerprint density at radius 2 is 2.18 bits per heavy atom. The third-order valence-corrected chi connectivity index (χ3v) is 3.16. The molecule has 0 N–H and O–H groups in total. The van der Waals surface area contributed by atoms with Crippen LogP contribution in [0.15, 0.2) is 0 Å². The summed E-state index contributed by atoms with van der Waals surface area (Å²) in [5.74, 6) is 0.378. The van der Waals surface area contributed by atoms with E-state index in [2.05, 4.69) is 0 Å². The van der Waals surface area contributed by atoms with Gasteiger partial charge in [0.25, 0.3) is 0 Å². The second-order valence-corrected chi connectivity index (χ2v) is 3.70. The van der Waals surface area contributed by atoms with Crippen LogP contribution in [-0.4, -0.2) is 28.7 Å². The molecule has 2 aliphatic heterocycles. The van der Waals surface area contributed by atoms with E-state index in [0.29, 0.717) is 13.0 Å². The molecule has 0 unspecified atom stereocenters. The summed E-state index contributed by atoms with van der Waals surface area (Å²) >= 11 is 0. The molecule has 0 bridgehead atoms. The zero-order valence-electron chi connectivity index (χ0n) is 6.76. The van der Waals surface area contributed by atoms with Crippen molar-refractivity contribution in [3.8, 4) is 0 Å². The van der Waals surface area contributed by atoms with Crippen molar-refractivity contribution in [1.29, 1.82) is 0 Å². The van der Waals surface area contributed by atoms with E-state index in [-0.39, 0.29) is 23.1 Å². The van der Waals surface area contributed by atoms with Crippen molar-refractivity contribution < 1.29 is 9.59 Å². The number of carbonyl (C=O) groups excluding carboxylic acids is 2. The lowest BCUT2D eigenvalue weighted by Crippen LogP contribution is -2.59.